The normalized spacial score (nSPS) is 29.8. The molecule has 0 saturated heterocycles. The van der Waals surface area contributed by atoms with Crippen molar-refractivity contribution in [1.29, 1.82) is 0 Å². The maximum atomic E-state index is 5.45. The number of hydrogen-bond acceptors (Lipinski definition) is 1. The van der Waals surface area contributed by atoms with E-state index < -0.39 is 0 Å². The fourth-order valence-electron chi connectivity index (χ4n) is 3.37. The molecule has 0 aromatic carbocycles. The molecule has 0 spiro atoms. The van der Waals surface area contributed by atoms with E-state index in [1.807, 2.05) is 0 Å². The largest absolute Gasteiger partial charge is 0.360 e. The fraction of sp³-hybridized carbons (Fsp3) is 0.933. The highest BCUT2D eigenvalue weighted by molar-refractivity contribution is 7.80. The molecule has 0 aromatic rings. The van der Waals surface area contributed by atoms with E-state index in [4.69, 9.17) is 12.2 Å². The lowest BCUT2D eigenvalue weighted by molar-refractivity contribution is 0.303. The predicted molar refractivity (Wildman–Crippen MR) is 81.8 cm³/mol. The van der Waals surface area contributed by atoms with Gasteiger partial charge >= 0.3 is 0 Å². The number of rotatable bonds is 3. The van der Waals surface area contributed by atoms with Crippen molar-refractivity contribution in [3.63, 3.8) is 0 Å². The third-order valence-corrected chi connectivity index (χ3v) is 4.94. The number of thiocarbonyl (C=S) groups is 1. The summed E-state index contributed by atoms with van der Waals surface area (Å²) in [5.74, 6) is 0.961. The van der Waals surface area contributed by atoms with Crippen LogP contribution >= 0.6 is 12.2 Å². The maximum absolute atomic E-state index is 5.45. The molecule has 18 heavy (non-hydrogen) atoms. The van der Waals surface area contributed by atoms with Crippen LogP contribution in [0.1, 0.15) is 71.1 Å². The van der Waals surface area contributed by atoms with E-state index in [1.54, 1.807) is 0 Å². The Bertz CT molecular complexity index is 253. The minimum atomic E-state index is 0.622. The van der Waals surface area contributed by atoms with Crippen LogP contribution in [-0.4, -0.2) is 17.2 Å². The minimum Gasteiger partial charge on any atom is -0.360 e. The molecule has 2 nitrogen and oxygen atoms in total. The van der Waals surface area contributed by atoms with Crippen LogP contribution in [-0.2, 0) is 0 Å². The molecule has 0 bridgehead atoms. The summed E-state index contributed by atoms with van der Waals surface area (Å²) in [5.41, 5.74) is 0. The summed E-state index contributed by atoms with van der Waals surface area (Å²) in [5, 5.41) is 7.95. The van der Waals surface area contributed by atoms with E-state index in [9.17, 15) is 0 Å². The van der Waals surface area contributed by atoms with Gasteiger partial charge in [0.1, 0.15) is 0 Å². The average molecular weight is 268 g/mol. The highest BCUT2D eigenvalue weighted by Gasteiger charge is 2.21. The van der Waals surface area contributed by atoms with Crippen LogP contribution in [0.15, 0.2) is 0 Å². The van der Waals surface area contributed by atoms with E-state index in [1.165, 1.54) is 64.2 Å². The van der Waals surface area contributed by atoms with Crippen LogP contribution in [0.3, 0.4) is 0 Å². The van der Waals surface area contributed by atoms with Gasteiger partial charge in [0.2, 0.25) is 0 Å². The molecule has 0 aliphatic heterocycles. The molecular weight excluding hydrogens is 240 g/mol. The first-order chi connectivity index (χ1) is 8.78. The third-order valence-electron chi connectivity index (χ3n) is 4.70. The van der Waals surface area contributed by atoms with Crippen molar-refractivity contribution < 1.29 is 0 Å². The highest BCUT2D eigenvalue weighted by Crippen LogP contribution is 2.26. The second-order valence-electron chi connectivity index (χ2n) is 6.08. The van der Waals surface area contributed by atoms with Crippen LogP contribution in [0.2, 0.25) is 0 Å². The molecule has 0 atom stereocenters. The van der Waals surface area contributed by atoms with Crippen molar-refractivity contribution in [1.82, 2.24) is 10.6 Å². The molecule has 0 amide bonds. The second-order valence-corrected chi connectivity index (χ2v) is 6.49. The monoisotopic (exact) mass is 268 g/mol. The van der Waals surface area contributed by atoms with Gasteiger partial charge < -0.3 is 10.6 Å². The molecule has 0 radical (unpaired) electrons. The third kappa shape index (κ3) is 4.42. The molecule has 2 aliphatic rings. The first-order valence-electron chi connectivity index (χ1n) is 7.85. The van der Waals surface area contributed by atoms with Gasteiger partial charge in [-0.05, 0) is 56.7 Å². The van der Waals surface area contributed by atoms with Gasteiger partial charge in [0.05, 0.1) is 0 Å². The Labute approximate surface area is 117 Å². The van der Waals surface area contributed by atoms with Gasteiger partial charge in [-0.2, -0.15) is 0 Å². The summed E-state index contributed by atoms with van der Waals surface area (Å²) < 4.78 is 0. The second kappa shape index (κ2) is 7.32. The average Bonchev–Trinajstić information content (AvgIpc) is 2.40. The lowest BCUT2D eigenvalue weighted by atomic mass is 9.85. The summed E-state index contributed by atoms with van der Waals surface area (Å²) in [6, 6.07) is 1.25. The van der Waals surface area contributed by atoms with E-state index >= 15 is 0 Å². The molecule has 3 heteroatoms. The van der Waals surface area contributed by atoms with Gasteiger partial charge in [-0.1, -0.05) is 32.6 Å². The lowest BCUT2D eigenvalue weighted by Crippen LogP contribution is -2.47. The highest BCUT2D eigenvalue weighted by atomic mass is 32.1. The zero-order chi connectivity index (χ0) is 12.8. The Kier molecular flexibility index (Phi) is 5.74. The van der Waals surface area contributed by atoms with E-state index in [-0.39, 0.29) is 0 Å². The SMILES string of the molecule is CCC1CCC(NC(=S)NC2CCCCC2)CC1. The minimum absolute atomic E-state index is 0.622. The smallest absolute Gasteiger partial charge is 0.166 e. The van der Waals surface area contributed by atoms with Crippen LogP contribution in [0.25, 0.3) is 0 Å². The summed E-state index contributed by atoms with van der Waals surface area (Å²) in [4.78, 5) is 0. The molecule has 104 valence electrons. The standard InChI is InChI=1S/C15H28N2S/c1-2-12-8-10-14(11-9-12)17-15(18)16-13-6-4-3-5-7-13/h12-14H,2-11H2,1H3,(H2,16,17,18). The van der Waals surface area contributed by atoms with Crippen molar-refractivity contribution in [2.24, 2.45) is 5.92 Å². The molecule has 2 aliphatic carbocycles. The Hall–Kier alpha value is -0.310. The summed E-state index contributed by atoms with van der Waals surface area (Å²) in [7, 11) is 0. The van der Waals surface area contributed by atoms with Gasteiger partial charge in [0, 0.05) is 12.1 Å². The Morgan fingerprint density at radius 1 is 0.889 bits per heavy atom. The molecular formula is C15H28N2S. The van der Waals surface area contributed by atoms with Gasteiger partial charge in [-0.3, -0.25) is 0 Å². The first kappa shape index (κ1) is 14.1. The van der Waals surface area contributed by atoms with Crippen molar-refractivity contribution in [2.45, 2.75) is 83.2 Å². The van der Waals surface area contributed by atoms with Crippen LogP contribution in [0.4, 0.5) is 0 Å². The van der Waals surface area contributed by atoms with Crippen LogP contribution < -0.4 is 10.6 Å². The molecule has 0 aromatic heterocycles. The Balaban J connectivity index is 1.65. The van der Waals surface area contributed by atoms with E-state index in [0.29, 0.717) is 12.1 Å². The summed E-state index contributed by atoms with van der Waals surface area (Å²) >= 11 is 5.45. The maximum Gasteiger partial charge on any atom is 0.166 e. The van der Waals surface area contributed by atoms with Gasteiger partial charge in [-0.15, -0.1) is 0 Å². The van der Waals surface area contributed by atoms with E-state index in [2.05, 4.69) is 17.6 Å². The zero-order valence-electron chi connectivity index (χ0n) is 11.7. The van der Waals surface area contributed by atoms with Crippen molar-refractivity contribution >= 4 is 17.3 Å². The topological polar surface area (TPSA) is 24.1 Å². The fourth-order valence-corrected chi connectivity index (χ4v) is 3.71. The van der Waals surface area contributed by atoms with Crippen LogP contribution in [0.5, 0.6) is 0 Å². The molecule has 2 saturated carbocycles. The number of nitrogens with one attached hydrogen (secondary N) is 2. The molecule has 2 N–H and O–H groups in total. The quantitative estimate of drug-likeness (QED) is 0.762. The Morgan fingerprint density at radius 2 is 1.44 bits per heavy atom. The lowest BCUT2D eigenvalue weighted by Gasteiger charge is -2.31. The zero-order valence-corrected chi connectivity index (χ0v) is 12.5. The van der Waals surface area contributed by atoms with Crippen molar-refractivity contribution in [3.05, 3.63) is 0 Å². The molecule has 2 rings (SSSR count). The van der Waals surface area contributed by atoms with Crippen molar-refractivity contribution in [3.8, 4) is 0 Å². The molecule has 2 fully saturated rings. The first-order valence-corrected chi connectivity index (χ1v) is 8.25. The van der Waals surface area contributed by atoms with Gasteiger partial charge in [-0.25, -0.2) is 0 Å². The summed E-state index contributed by atoms with van der Waals surface area (Å²) in [6.45, 7) is 2.31. The van der Waals surface area contributed by atoms with Gasteiger partial charge in [0.25, 0.3) is 0 Å². The van der Waals surface area contributed by atoms with Crippen LogP contribution in [0, 0.1) is 5.92 Å². The van der Waals surface area contributed by atoms with E-state index in [0.717, 1.165) is 11.0 Å². The predicted octanol–water partition coefficient (Wildman–Crippen LogP) is 3.75. The molecule has 0 heterocycles. The number of hydrogen-bond donors (Lipinski definition) is 2. The van der Waals surface area contributed by atoms with Gasteiger partial charge in [0.15, 0.2) is 5.11 Å². The molecule has 0 unspecified atom stereocenters. The Morgan fingerprint density at radius 3 is 2.00 bits per heavy atom. The van der Waals surface area contributed by atoms with Crippen molar-refractivity contribution in [2.75, 3.05) is 0 Å². The summed E-state index contributed by atoms with van der Waals surface area (Å²) in [6.07, 6.45) is 13.4.